The normalized spacial score (nSPS) is 15.0. The van der Waals surface area contributed by atoms with Crippen molar-refractivity contribution in [3.05, 3.63) is 55.2 Å². The number of anilines is 3. The monoisotopic (exact) mass is 386 g/mol. The molecule has 4 rings (SSSR count). The molecular weight excluding hydrogens is 368 g/mol. The molecule has 10 heteroatoms. The SMILES string of the molecule is O=S(=O)(Nc1cnc(N2CCN(c3ccccc3)CC2)nc1)c1cnoc1. The van der Waals surface area contributed by atoms with Gasteiger partial charge in [-0.15, -0.1) is 0 Å². The number of nitrogens with one attached hydrogen (secondary N) is 1. The number of nitrogens with zero attached hydrogens (tertiary/aromatic N) is 5. The standard InChI is InChI=1S/C17H18N6O3S/c24-27(25,16-12-20-26-13-16)21-14-10-18-17(19-11-14)23-8-6-22(7-9-23)15-4-2-1-3-5-15/h1-5,10-13,21H,6-9H2. The molecule has 140 valence electrons. The van der Waals surface area contributed by atoms with Crippen molar-refractivity contribution in [2.24, 2.45) is 0 Å². The number of hydrogen-bond donors (Lipinski definition) is 1. The molecule has 0 saturated carbocycles. The molecule has 1 fully saturated rings. The molecule has 1 aliphatic rings. The smallest absolute Gasteiger partial charge is 0.266 e. The third-order valence-electron chi connectivity index (χ3n) is 4.29. The van der Waals surface area contributed by atoms with Crippen LogP contribution in [-0.2, 0) is 10.0 Å². The minimum atomic E-state index is -3.75. The highest BCUT2D eigenvalue weighted by Crippen LogP contribution is 2.19. The third-order valence-corrected chi connectivity index (χ3v) is 5.62. The summed E-state index contributed by atoms with van der Waals surface area (Å²) < 4.78 is 31.2. The molecule has 1 N–H and O–H groups in total. The highest BCUT2D eigenvalue weighted by atomic mass is 32.2. The van der Waals surface area contributed by atoms with Crippen molar-refractivity contribution in [3.63, 3.8) is 0 Å². The van der Waals surface area contributed by atoms with Gasteiger partial charge in [0.05, 0.1) is 24.3 Å². The Bertz CT molecular complexity index is 969. The number of piperazine rings is 1. The van der Waals surface area contributed by atoms with E-state index in [1.807, 2.05) is 18.2 Å². The molecular formula is C17H18N6O3S. The lowest BCUT2D eigenvalue weighted by Gasteiger charge is -2.36. The highest BCUT2D eigenvalue weighted by Gasteiger charge is 2.20. The van der Waals surface area contributed by atoms with Gasteiger partial charge in [0, 0.05) is 31.9 Å². The minimum absolute atomic E-state index is 0.0522. The summed E-state index contributed by atoms with van der Waals surface area (Å²) in [5.41, 5.74) is 1.49. The number of sulfonamides is 1. The minimum Gasteiger partial charge on any atom is -0.368 e. The lowest BCUT2D eigenvalue weighted by molar-refractivity contribution is 0.417. The Kier molecular flexibility index (Phi) is 4.63. The molecule has 3 aromatic rings. The molecule has 0 spiro atoms. The van der Waals surface area contributed by atoms with Gasteiger partial charge in [0.15, 0.2) is 0 Å². The lowest BCUT2D eigenvalue weighted by Crippen LogP contribution is -2.47. The molecule has 0 bridgehead atoms. The second kappa shape index (κ2) is 7.23. The van der Waals surface area contributed by atoms with E-state index in [1.54, 1.807) is 0 Å². The van der Waals surface area contributed by atoms with Crippen molar-refractivity contribution >= 4 is 27.3 Å². The summed E-state index contributed by atoms with van der Waals surface area (Å²) in [6.07, 6.45) is 5.10. The molecule has 0 aliphatic carbocycles. The fourth-order valence-electron chi connectivity index (χ4n) is 2.88. The highest BCUT2D eigenvalue weighted by molar-refractivity contribution is 7.92. The summed E-state index contributed by atoms with van der Waals surface area (Å²) in [6.45, 7) is 3.33. The number of benzene rings is 1. The Morgan fingerprint density at radius 3 is 2.22 bits per heavy atom. The first kappa shape index (κ1) is 17.3. The predicted octanol–water partition coefficient (Wildman–Crippen LogP) is 1.59. The van der Waals surface area contributed by atoms with E-state index in [4.69, 9.17) is 0 Å². The largest absolute Gasteiger partial charge is 0.368 e. The number of para-hydroxylation sites is 1. The summed E-state index contributed by atoms with van der Waals surface area (Å²) >= 11 is 0. The second-order valence-corrected chi connectivity index (χ2v) is 7.73. The first-order valence-electron chi connectivity index (χ1n) is 8.41. The van der Waals surface area contributed by atoms with Crippen molar-refractivity contribution in [3.8, 4) is 0 Å². The Morgan fingerprint density at radius 1 is 0.926 bits per heavy atom. The first-order chi connectivity index (χ1) is 13.1. The average molecular weight is 386 g/mol. The van der Waals surface area contributed by atoms with Crippen molar-refractivity contribution in [2.45, 2.75) is 4.90 Å². The van der Waals surface area contributed by atoms with Crippen LogP contribution in [-0.4, -0.2) is 49.7 Å². The summed E-state index contributed by atoms with van der Waals surface area (Å²) in [4.78, 5) is 12.9. The topological polar surface area (TPSA) is 104 Å². The van der Waals surface area contributed by atoms with E-state index in [1.165, 1.54) is 18.1 Å². The summed E-state index contributed by atoms with van der Waals surface area (Å²) in [5.74, 6) is 0.579. The van der Waals surface area contributed by atoms with Crippen LogP contribution in [0.4, 0.5) is 17.3 Å². The zero-order valence-corrected chi connectivity index (χ0v) is 15.2. The van der Waals surface area contributed by atoms with E-state index in [2.05, 4.69) is 46.3 Å². The van der Waals surface area contributed by atoms with Gasteiger partial charge >= 0.3 is 0 Å². The van der Waals surface area contributed by atoms with Crippen LogP contribution >= 0.6 is 0 Å². The van der Waals surface area contributed by atoms with Crippen LogP contribution in [0.5, 0.6) is 0 Å². The Balaban J connectivity index is 1.39. The Labute approximate surface area is 156 Å². The maximum absolute atomic E-state index is 12.1. The first-order valence-corrected chi connectivity index (χ1v) is 9.89. The van der Waals surface area contributed by atoms with Gasteiger partial charge in [-0.05, 0) is 12.1 Å². The third kappa shape index (κ3) is 3.85. The zero-order valence-electron chi connectivity index (χ0n) is 14.4. The second-order valence-electron chi connectivity index (χ2n) is 6.05. The molecule has 0 radical (unpaired) electrons. The molecule has 1 aliphatic heterocycles. The molecule has 3 heterocycles. The lowest BCUT2D eigenvalue weighted by atomic mass is 10.2. The molecule has 1 aromatic carbocycles. The van der Waals surface area contributed by atoms with Crippen LogP contribution < -0.4 is 14.5 Å². The van der Waals surface area contributed by atoms with Gasteiger partial charge < -0.3 is 14.3 Å². The maximum Gasteiger partial charge on any atom is 0.266 e. The average Bonchev–Trinajstić information content (AvgIpc) is 3.25. The molecule has 0 amide bonds. The number of hydrogen-bond acceptors (Lipinski definition) is 8. The maximum atomic E-state index is 12.1. The molecule has 1 saturated heterocycles. The summed E-state index contributed by atoms with van der Waals surface area (Å²) in [5, 5.41) is 3.40. The van der Waals surface area contributed by atoms with E-state index >= 15 is 0 Å². The van der Waals surface area contributed by atoms with Gasteiger partial charge in [0.1, 0.15) is 11.2 Å². The van der Waals surface area contributed by atoms with E-state index in [0.717, 1.165) is 38.6 Å². The predicted molar refractivity (Wildman–Crippen MR) is 100 cm³/mol. The summed E-state index contributed by atoms with van der Waals surface area (Å²) in [7, 11) is -3.75. The van der Waals surface area contributed by atoms with E-state index < -0.39 is 10.0 Å². The Morgan fingerprint density at radius 2 is 1.59 bits per heavy atom. The van der Waals surface area contributed by atoms with Crippen LogP contribution in [0.1, 0.15) is 0 Å². The van der Waals surface area contributed by atoms with Gasteiger partial charge in [-0.3, -0.25) is 4.72 Å². The molecule has 0 unspecified atom stereocenters. The van der Waals surface area contributed by atoms with Crippen molar-refractivity contribution in [1.29, 1.82) is 0 Å². The fourth-order valence-corrected chi connectivity index (χ4v) is 3.77. The van der Waals surface area contributed by atoms with Crippen molar-refractivity contribution < 1.29 is 12.9 Å². The van der Waals surface area contributed by atoms with Gasteiger partial charge in [0.25, 0.3) is 10.0 Å². The van der Waals surface area contributed by atoms with Gasteiger partial charge in [-0.2, -0.15) is 0 Å². The molecule has 9 nitrogen and oxygen atoms in total. The van der Waals surface area contributed by atoms with E-state index in [9.17, 15) is 8.42 Å². The molecule has 2 aromatic heterocycles. The van der Waals surface area contributed by atoms with Crippen LogP contribution in [0.3, 0.4) is 0 Å². The van der Waals surface area contributed by atoms with Gasteiger partial charge in [-0.1, -0.05) is 23.4 Å². The fraction of sp³-hybridized carbons (Fsp3) is 0.235. The Hall–Kier alpha value is -3.14. The van der Waals surface area contributed by atoms with Crippen molar-refractivity contribution in [1.82, 2.24) is 15.1 Å². The van der Waals surface area contributed by atoms with Crippen LogP contribution in [0.2, 0.25) is 0 Å². The van der Waals surface area contributed by atoms with Gasteiger partial charge in [0.2, 0.25) is 5.95 Å². The summed E-state index contributed by atoms with van der Waals surface area (Å²) in [6, 6.07) is 10.3. The van der Waals surface area contributed by atoms with Crippen molar-refractivity contribution in [2.75, 3.05) is 40.7 Å². The zero-order chi connectivity index (χ0) is 18.7. The number of rotatable bonds is 5. The van der Waals surface area contributed by atoms with Gasteiger partial charge in [-0.25, -0.2) is 18.4 Å². The number of aromatic nitrogens is 3. The van der Waals surface area contributed by atoms with Crippen LogP contribution in [0, 0.1) is 0 Å². The van der Waals surface area contributed by atoms with Crippen LogP contribution in [0.15, 0.2) is 64.6 Å². The quantitative estimate of drug-likeness (QED) is 0.705. The van der Waals surface area contributed by atoms with Crippen LogP contribution in [0.25, 0.3) is 0 Å². The molecule has 0 atom stereocenters. The molecule has 27 heavy (non-hydrogen) atoms. The van der Waals surface area contributed by atoms with E-state index in [-0.39, 0.29) is 10.6 Å². The van der Waals surface area contributed by atoms with E-state index in [0.29, 0.717) is 5.95 Å².